The first-order chi connectivity index (χ1) is 20.0. The van der Waals surface area contributed by atoms with Gasteiger partial charge >= 0.3 is 5.97 Å². The number of nitrogens with zero attached hydrogens (tertiary/aromatic N) is 1. The molecule has 1 aliphatic heterocycles. The van der Waals surface area contributed by atoms with E-state index in [9.17, 15) is 9.18 Å². The summed E-state index contributed by atoms with van der Waals surface area (Å²) in [4.78, 5) is 17.9. The summed E-state index contributed by atoms with van der Waals surface area (Å²) >= 11 is 0. The number of rotatable bonds is 10. The van der Waals surface area contributed by atoms with Crippen molar-refractivity contribution in [1.29, 1.82) is 0 Å². The summed E-state index contributed by atoms with van der Waals surface area (Å²) in [5.41, 5.74) is 4.53. The minimum Gasteiger partial charge on any atom is -0.460 e. The first-order valence-electron chi connectivity index (χ1n) is 15.5. The Morgan fingerprint density at radius 1 is 1.10 bits per heavy atom. The number of unbranched alkanes of at least 4 members (excludes halogenated alkanes) is 2. The first kappa shape index (κ1) is 30.4. The number of ether oxygens (including phenoxy) is 3. The molecule has 3 atom stereocenters. The van der Waals surface area contributed by atoms with E-state index in [1.165, 1.54) is 12.1 Å². The van der Waals surface area contributed by atoms with E-state index in [1.54, 1.807) is 0 Å². The number of para-hydroxylation sites is 1. The molecule has 5 rings (SSSR count). The molecule has 42 heavy (non-hydrogen) atoms. The van der Waals surface area contributed by atoms with Gasteiger partial charge in [-0.2, -0.15) is 0 Å². The molecule has 0 spiro atoms. The van der Waals surface area contributed by atoms with Gasteiger partial charge in [-0.05, 0) is 70.7 Å². The van der Waals surface area contributed by atoms with Crippen LogP contribution in [0.15, 0.2) is 54.6 Å². The highest BCUT2D eigenvalue weighted by Crippen LogP contribution is 2.45. The number of esters is 1. The van der Waals surface area contributed by atoms with Crippen LogP contribution in [0.1, 0.15) is 103 Å². The van der Waals surface area contributed by atoms with Crippen LogP contribution in [0, 0.1) is 5.82 Å². The number of halogens is 1. The van der Waals surface area contributed by atoms with Crippen molar-refractivity contribution in [2.45, 2.75) is 115 Å². The molecule has 1 saturated carbocycles. The summed E-state index contributed by atoms with van der Waals surface area (Å²) in [6.45, 7) is 9.80. The van der Waals surface area contributed by atoms with Crippen molar-refractivity contribution in [2.75, 3.05) is 0 Å². The van der Waals surface area contributed by atoms with Gasteiger partial charge in [-0.15, -0.1) is 0 Å². The van der Waals surface area contributed by atoms with Crippen LogP contribution in [0.2, 0.25) is 0 Å². The van der Waals surface area contributed by atoms with Gasteiger partial charge in [0.1, 0.15) is 11.4 Å². The molecule has 2 fully saturated rings. The molecule has 1 aliphatic carbocycles. The van der Waals surface area contributed by atoms with E-state index in [-0.39, 0.29) is 30.4 Å². The third-order valence-corrected chi connectivity index (χ3v) is 7.89. The van der Waals surface area contributed by atoms with E-state index in [2.05, 4.69) is 25.1 Å². The molecule has 0 bridgehead atoms. The standard InChI is InChI=1S/C36H44FNO4/c1-6-7-10-21-36(5)40-27(22-28(41-36)23-32(39)42-35(2,3)4)19-20-30-33(24-15-17-26(37)18-16-24)29-11-8-9-12-31(29)38-34(30)25-13-14-25/h8-9,11-12,15-20,25,27-28H,6-7,10,13-14,21-23H2,1-5H3/b20-19+/t27-,28-,36?/m1/s1. The SMILES string of the molecule is CCCCCC1(C)O[C@@H](CC(=O)OC(C)(C)C)C[C@@H](/C=C/c2c(C3CC3)nc3ccccc3c2-c2ccc(F)cc2)O1. The molecule has 0 N–H and O–H groups in total. The highest BCUT2D eigenvalue weighted by atomic mass is 19.1. The zero-order chi connectivity index (χ0) is 29.9. The van der Waals surface area contributed by atoms with Crippen molar-refractivity contribution < 1.29 is 23.4 Å². The smallest absolute Gasteiger partial charge is 0.308 e. The molecule has 3 aromatic rings. The third-order valence-electron chi connectivity index (χ3n) is 7.89. The van der Waals surface area contributed by atoms with Gasteiger partial charge in [0.15, 0.2) is 5.79 Å². The van der Waals surface area contributed by atoms with Gasteiger partial charge in [0.25, 0.3) is 0 Å². The van der Waals surface area contributed by atoms with Crippen LogP contribution in [0.4, 0.5) is 4.39 Å². The monoisotopic (exact) mass is 573 g/mol. The Balaban J connectivity index is 1.51. The predicted octanol–water partition coefficient (Wildman–Crippen LogP) is 9.13. The highest BCUT2D eigenvalue weighted by molar-refractivity contribution is 5.99. The Morgan fingerprint density at radius 3 is 2.52 bits per heavy atom. The Morgan fingerprint density at radius 2 is 1.83 bits per heavy atom. The maximum atomic E-state index is 13.9. The van der Waals surface area contributed by atoms with Crippen LogP contribution in [-0.2, 0) is 19.0 Å². The molecule has 224 valence electrons. The second kappa shape index (κ2) is 12.6. The largest absolute Gasteiger partial charge is 0.460 e. The minimum atomic E-state index is -0.796. The van der Waals surface area contributed by atoms with Crippen molar-refractivity contribution in [1.82, 2.24) is 4.98 Å². The number of hydrogen-bond donors (Lipinski definition) is 0. The number of benzene rings is 2. The summed E-state index contributed by atoms with van der Waals surface area (Å²) < 4.78 is 32.6. The molecule has 1 aromatic heterocycles. The van der Waals surface area contributed by atoms with Gasteiger partial charge in [0, 0.05) is 35.3 Å². The van der Waals surface area contributed by atoms with Crippen molar-refractivity contribution in [3.63, 3.8) is 0 Å². The molecule has 0 amide bonds. The van der Waals surface area contributed by atoms with Crippen LogP contribution in [0.3, 0.4) is 0 Å². The first-order valence-corrected chi connectivity index (χ1v) is 15.5. The fourth-order valence-corrected chi connectivity index (χ4v) is 5.90. The molecular formula is C36H44FNO4. The fraction of sp³-hybridized carbons (Fsp3) is 0.500. The maximum absolute atomic E-state index is 13.9. The van der Waals surface area contributed by atoms with Gasteiger partial charge in [0.05, 0.1) is 29.8 Å². The average Bonchev–Trinajstić information content (AvgIpc) is 3.76. The Kier molecular flexibility index (Phi) is 9.14. The van der Waals surface area contributed by atoms with E-state index in [0.717, 1.165) is 71.8 Å². The molecule has 1 unspecified atom stereocenters. The molecule has 1 saturated heterocycles. The highest BCUT2D eigenvalue weighted by Gasteiger charge is 2.39. The summed E-state index contributed by atoms with van der Waals surface area (Å²) in [5, 5.41) is 1.04. The van der Waals surface area contributed by atoms with Crippen molar-refractivity contribution in [3.05, 3.63) is 71.7 Å². The van der Waals surface area contributed by atoms with Gasteiger partial charge in [-0.3, -0.25) is 9.78 Å². The Hall–Kier alpha value is -3.09. The molecule has 6 heteroatoms. The van der Waals surface area contributed by atoms with Crippen LogP contribution in [0.5, 0.6) is 0 Å². The van der Waals surface area contributed by atoms with E-state index >= 15 is 0 Å². The average molecular weight is 574 g/mol. The second-order valence-corrected chi connectivity index (χ2v) is 13.0. The predicted molar refractivity (Wildman–Crippen MR) is 166 cm³/mol. The third kappa shape index (κ3) is 7.64. The van der Waals surface area contributed by atoms with Gasteiger partial charge in [-0.1, -0.05) is 62.2 Å². The molecule has 2 aliphatic rings. The summed E-state index contributed by atoms with van der Waals surface area (Å²) in [7, 11) is 0. The van der Waals surface area contributed by atoms with E-state index in [0.29, 0.717) is 12.3 Å². The zero-order valence-electron chi connectivity index (χ0n) is 25.6. The summed E-state index contributed by atoms with van der Waals surface area (Å²) in [6, 6.07) is 14.9. The number of carbonyl (C=O) groups is 1. The lowest BCUT2D eigenvalue weighted by Gasteiger charge is -2.42. The lowest BCUT2D eigenvalue weighted by Crippen LogP contribution is -2.47. The number of fused-ring (bicyclic) bond motifs is 1. The topological polar surface area (TPSA) is 57.7 Å². The van der Waals surface area contributed by atoms with Gasteiger partial charge in [0.2, 0.25) is 0 Å². The normalized spacial score (nSPS) is 23.0. The summed E-state index contributed by atoms with van der Waals surface area (Å²) in [5.74, 6) is -0.911. The fourth-order valence-electron chi connectivity index (χ4n) is 5.90. The number of aromatic nitrogens is 1. The molecule has 2 heterocycles. The molecule has 5 nitrogen and oxygen atoms in total. The lowest BCUT2D eigenvalue weighted by atomic mass is 9.92. The van der Waals surface area contributed by atoms with Crippen molar-refractivity contribution in [3.8, 4) is 11.1 Å². The van der Waals surface area contributed by atoms with Gasteiger partial charge < -0.3 is 14.2 Å². The van der Waals surface area contributed by atoms with E-state index in [1.807, 2.05) is 58.0 Å². The molecule has 0 radical (unpaired) electrons. The maximum Gasteiger partial charge on any atom is 0.308 e. The zero-order valence-corrected chi connectivity index (χ0v) is 25.6. The minimum absolute atomic E-state index is 0.181. The molecular weight excluding hydrogens is 529 g/mol. The molecule has 2 aromatic carbocycles. The number of carbonyl (C=O) groups excluding carboxylic acids is 1. The van der Waals surface area contributed by atoms with E-state index < -0.39 is 11.4 Å². The number of pyridine rings is 1. The summed E-state index contributed by atoms with van der Waals surface area (Å²) in [6.07, 6.45) is 10.5. The van der Waals surface area contributed by atoms with Crippen LogP contribution in [-0.4, -0.2) is 34.5 Å². The Labute approximate surface area is 249 Å². The van der Waals surface area contributed by atoms with Crippen molar-refractivity contribution in [2.24, 2.45) is 0 Å². The second-order valence-electron chi connectivity index (χ2n) is 13.0. The lowest BCUT2D eigenvalue weighted by molar-refractivity contribution is -0.303. The van der Waals surface area contributed by atoms with Crippen molar-refractivity contribution >= 4 is 22.9 Å². The van der Waals surface area contributed by atoms with Gasteiger partial charge in [-0.25, -0.2) is 4.39 Å². The quantitative estimate of drug-likeness (QED) is 0.179. The van der Waals surface area contributed by atoms with E-state index in [4.69, 9.17) is 19.2 Å². The number of hydrogen-bond acceptors (Lipinski definition) is 5. The Bertz CT molecular complexity index is 1420. The van der Waals surface area contributed by atoms with Crippen LogP contribution >= 0.6 is 0 Å². The van der Waals surface area contributed by atoms with Crippen LogP contribution in [0.25, 0.3) is 28.1 Å². The van der Waals surface area contributed by atoms with Crippen LogP contribution < -0.4 is 0 Å².